The molecule has 16 heavy (non-hydrogen) atoms. The van der Waals surface area contributed by atoms with Gasteiger partial charge in [-0.2, -0.15) is 0 Å². The van der Waals surface area contributed by atoms with Gasteiger partial charge in [-0.25, -0.2) is 0 Å². The Morgan fingerprint density at radius 1 is 1.31 bits per heavy atom. The minimum absolute atomic E-state index is 0.0560. The zero-order valence-electron chi connectivity index (χ0n) is 9.69. The molecule has 1 saturated carbocycles. The average Bonchev–Trinajstić information content (AvgIpc) is 2.19. The van der Waals surface area contributed by atoms with Gasteiger partial charge in [0.1, 0.15) is 12.2 Å². The average molecular weight is 228 g/mol. The van der Waals surface area contributed by atoms with E-state index in [2.05, 4.69) is 4.74 Å². The van der Waals surface area contributed by atoms with Crippen LogP contribution >= 0.6 is 0 Å². The third-order valence-corrected chi connectivity index (χ3v) is 3.02. The van der Waals surface area contributed by atoms with Crippen molar-refractivity contribution < 1.29 is 23.8 Å². The van der Waals surface area contributed by atoms with E-state index in [4.69, 9.17) is 9.47 Å². The van der Waals surface area contributed by atoms with Crippen molar-refractivity contribution in [2.45, 2.75) is 44.7 Å². The lowest BCUT2D eigenvalue weighted by atomic mass is 9.83. The molecule has 3 atom stereocenters. The zero-order chi connectivity index (χ0) is 11.9. The van der Waals surface area contributed by atoms with Crippen LogP contribution in [0.25, 0.3) is 0 Å². The Labute approximate surface area is 94.0 Å². The highest BCUT2D eigenvalue weighted by Crippen LogP contribution is 2.36. The van der Waals surface area contributed by atoms with E-state index in [1.807, 2.05) is 0 Å². The number of rotatable bonds is 1. The van der Waals surface area contributed by atoms with Gasteiger partial charge in [0.15, 0.2) is 11.6 Å². The summed E-state index contributed by atoms with van der Waals surface area (Å²) in [6.07, 6.45) is -0.276. The molecule has 1 unspecified atom stereocenters. The Hall–Kier alpha value is -0.940. The van der Waals surface area contributed by atoms with Gasteiger partial charge in [0.05, 0.1) is 13.0 Å². The van der Waals surface area contributed by atoms with E-state index in [0.29, 0.717) is 12.8 Å². The van der Waals surface area contributed by atoms with Crippen molar-refractivity contribution in [2.24, 2.45) is 5.92 Å². The summed E-state index contributed by atoms with van der Waals surface area (Å²) in [6, 6.07) is 0. The van der Waals surface area contributed by atoms with Crippen molar-refractivity contribution >= 4 is 11.8 Å². The number of carbonyl (C=O) groups excluding carboxylic acids is 2. The van der Waals surface area contributed by atoms with Crippen LogP contribution < -0.4 is 0 Å². The topological polar surface area (TPSA) is 61.8 Å². The molecule has 5 heteroatoms. The molecule has 2 fully saturated rings. The summed E-state index contributed by atoms with van der Waals surface area (Å²) in [5, 5.41) is 0. The fraction of sp³-hybridized carbons (Fsp3) is 0.818. The summed E-state index contributed by atoms with van der Waals surface area (Å²) >= 11 is 0. The SMILES string of the molecule is COC(=O)C1C[C@@H]2OC(C)(C)O[C@H](C1)C2=O. The predicted molar refractivity (Wildman–Crippen MR) is 53.6 cm³/mol. The Morgan fingerprint density at radius 2 is 1.81 bits per heavy atom. The highest BCUT2D eigenvalue weighted by molar-refractivity contribution is 5.90. The third-order valence-electron chi connectivity index (χ3n) is 3.02. The van der Waals surface area contributed by atoms with Gasteiger partial charge in [-0.3, -0.25) is 9.59 Å². The molecule has 0 aromatic carbocycles. The lowest BCUT2D eigenvalue weighted by molar-refractivity contribution is -0.292. The van der Waals surface area contributed by atoms with Crippen molar-refractivity contribution in [3.05, 3.63) is 0 Å². The molecule has 2 rings (SSSR count). The second kappa shape index (κ2) is 3.82. The van der Waals surface area contributed by atoms with Crippen molar-refractivity contribution in [1.29, 1.82) is 0 Å². The standard InChI is InChI=1S/C11H16O5/c1-11(2)15-7-4-6(10(13)14-3)5-8(16-11)9(7)12/h6-8H,4-5H2,1-3H3/t6?,7-,8+. The number of ether oxygens (including phenoxy) is 3. The van der Waals surface area contributed by atoms with Crippen LogP contribution in [0.3, 0.4) is 0 Å². The first-order valence-corrected chi connectivity index (χ1v) is 5.40. The van der Waals surface area contributed by atoms with Crippen molar-refractivity contribution in [1.82, 2.24) is 0 Å². The number of hydrogen-bond acceptors (Lipinski definition) is 5. The lowest BCUT2D eigenvalue weighted by Crippen LogP contribution is -2.56. The monoisotopic (exact) mass is 228 g/mol. The molecule has 0 spiro atoms. The smallest absolute Gasteiger partial charge is 0.308 e. The minimum atomic E-state index is -0.746. The van der Waals surface area contributed by atoms with Gasteiger partial charge in [-0.15, -0.1) is 0 Å². The Kier molecular flexibility index (Phi) is 2.75. The van der Waals surface area contributed by atoms with Crippen LogP contribution in [0, 0.1) is 5.92 Å². The number of hydrogen-bond donors (Lipinski definition) is 0. The minimum Gasteiger partial charge on any atom is -0.469 e. The molecule has 0 aromatic rings. The summed E-state index contributed by atoms with van der Waals surface area (Å²) in [7, 11) is 1.35. The van der Waals surface area contributed by atoms with Crippen LogP contribution in [0.4, 0.5) is 0 Å². The molecule has 0 N–H and O–H groups in total. The van der Waals surface area contributed by atoms with Gasteiger partial charge in [0, 0.05) is 0 Å². The maximum absolute atomic E-state index is 11.7. The molecule has 1 aliphatic heterocycles. The molecule has 0 aromatic heterocycles. The van der Waals surface area contributed by atoms with Gasteiger partial charge >= 0.3 is 5.97 Å². The van der Waals surface area contributed by atoms with Gasteiger partial charge in [0.25, 0.3) is 0 Å². The number of methoxy groups -OCH3 is 1. The molecule has 5 nitrogen and oxygen atoms in total. The van der Waals surface area contributed by atoms with Crippen LogP contribution in [-0.2, 0) is 23.8 Å². The summed E-state index contributed by atoms with van der Waals surface area (Å²) < 4.78 is 15.7. The Balaban J connectivity index is 2.13. The molecule has 2 aliphatic rings. The summed E-state index contributed by atoms with van der Waals surface area (Å²) in [5.41, 5.74) is 0. The van der Waals surface area contributed by atoms with Gasteiger partial charge in [-0.05, 0) is 26.7 Å². The molecule has 2 bridgehead atoms. The Morgan fingerprint density at radius 3 is 2.25 bits per heavy atom. The molecular weight excluding hydrogens is 212 g/mol. The van der Waals surface area contributed by atoms with Crippen molar-refractivity contribution in [3.63, 3.8) is 0 Å². The van der Waals surface area contributed by atoms with E-state index >= 15 is 0 Å². The molecule has 1 heterocycles. The van der Waals surface area contributed by atoms with Crippen LogP contribution in [-0.4, -0.2) is 36.9 Å². The first-order chi connectivity index (χ1) is 7.43. The predicted octanol–water partition coefficient (Wildman–Crippen LogP) is 0.659. The summed E-state index contributed by atoms with van der Waals surface area (Å²) in [5.74, 6) is -1.40. The zero-order valence-corrected chi connectivity index (χ0v) is 9.69. The van der Waals surface area contributed by atoms with Crippen molar-refractivity contribution in [2.75, 3.05) is 7.11 Å². The van der Waals surface area contributed by atoms with Crippen LogP contribution in [0.1, 0.15) is 26.7 Å². The molecular formula is C11H16O5. The summed E-state index contributed by atoms with van der Waals surface area (Å²) in [4.78, 5) is 23.2. The quantitative estimate of drug-likeness (QED) is 0.617. The first-order valence-electron chi connectivity index (χ1n) is 5.40. The fourth-order valence-corrected chi connectivity index (χ4v) is 2.34. The van der Waals surface area contributed by atoms with E-state index < -0.39 is 18.0 Å². The van der Waals surface area contributed by atoms with Crippen LogP contribution in [0.15, 0.2) is 0 Å². The van der Waals surface area contributed by atoms with Crippen LogP contribution in [0.2, 0.25) is 0 Å². The second-order valence-electron chi connectivity index (χ2n) is 4.71. The maximum Gasteiger partial charge on any atom is 0.308 e. The summed E-state index contributed by atoms with van der Waals surface area (Å²) in [6.45, 7) is 3.55. The largest absolute Gasteiger partial charge is 0.469 e. The van der Waals surface area contributed by atoms with E-state index in [1.54, 1.807) is 13.8 Å². The van der Waals surface area contributed by atoms with Crippen molar-refractivity contribution in [3.8, 4) is 0 Å². The second-order valence-corrected chi connectivity index (χ2v) is 4.71. The molecule has 1 saturated heterocycles. The number of ketones is 1. The highest BCUT2D eigenvalue weighted by Gasteiger charge is 2.49. The van der Waals surface area contributed by atoms with Gasteiger partial charge in [-0.1, -0.05) is 0 Å². The molecule has 0 radical (unpaired) electrons. The van der Waals surface area contributed by atoms with Crippen LogP contribution in [0.5, 0.6) is 0 Å². The van der Waals surface area contributed by atoms with E-state index in [-0.39, 0.29) is 17.7 Å². The first kappa shape index (κ1) is 11.5. The third kappa shape index (κ3) is 1.97. The fourth-order valence-electron chi connectivity index (χ4n) is 2.34. The van der Waals surface area contributed by atoms with E-state index in [1.165, 1.54) is 7.11 Å². The normalized spacial score (nSPS) is 36.9. The Bertz CT molecular complexity index is 302. The van der Waals surface area contributed by atoms with E-state index in [9.17, 15) is 9.59 Å². The number of esters is 1. The van der Waals surface area contributed by atoms with Gasteiger partial charge in [0.2, 0.25) is 0 Å². The highest BCUT2D eigenvalue weighted by atomic mass is 16.7. The number of fused-ring (bicyclic) bond motifs is 2. The maximum atomic E-state index is 11.7. The number of carbonyl (C=O) groups is 2. The number of Topliss-reactive ketones (excluding diaryl/α,β-unsaturated/α-hetero) is 1. The molecule has 0 amide bonds. The van der Waals surface area contributed by atoms with E-state index in [0.717, 1.165) is 0 Å². The van der Waals surface area contributed by atoms with Gasteiger partial charge < -0.3 is 14.2 Å². The lowest BCUT2D eigenvalue weighted by Gasteiger charge is -2.44. The molecule has 1 aliphatic carbocycles. The molecule has 90 valence electrons.